The smallest absolute Gasteiger partial charge is 0.276 e. The van der Waals surface area contributed by atoms with Gasteiger partial charge < -0.3 is 10.2 Å². The standard InChI is InChI=1S/C21H18ClN3O/c22-17-8-2-3-9-18(17)24-16-11-12-23-19(14-16)21(26)25-13-5-7-15-6-1-4-10-20(15)25/h1-4,6,8-12,14H,5,7,13H2,(H,23,24). The Hall–Kier alpha value is -2.85. The zero-order valence-electron chi connectivity index (χ0n) is 14.2. The maximum absolute atomic E-state index is 13.0. The number of para-hydroxylation sites is 2. The van der Waals surface area contributed by atoms with Gasteiger partial charge in [-0.15, -0.1) is 0 Å². The van der Waals surface area contributed by atoms with Gasteiger partial charge in [-0.3, -0.25) is 9.78 Å². The average Bonchev–Trinajstić information content (AvgIpc) is 2.69. The molecular weight excluding hydrogens is 346 g/mol. The molecule has 1 aromatic heterocycles. The van der Waals surface area contributed by atoms with Crippen LogP contribution in [-0.2, 0) is 6.42 Å². The Bertz CT molecular complexity index is 957. The Kier molecular flexibility index (Phi) is 4.59. The Morgan fingerprint density at radius 2 is 1.88 bits per heavy atom. The van der Waals surface area contributed by atoms with Crippen LogP contribution in [0.25, 0.3) is 0 Å². The van der Waals surface area contributed by atoms with E-state index >= 15 is 0 Å². The Morgan fingerprint density at radius 3 is 2.77 bits per heavy atom. The molecule has 4 nitrogen and oxygen atoms in total. The zero-order chi connectivity index (χ0) is 17.9. The first-order valence-corrected chi connectivity index (χ1v) is 8.97. The minimum absolute atomic E-state index is 0.0834. The van der Waals surface area contributed by atoms with Crippen LogP contribution in [0.15, 0.2) is 66.9 Å². The Morgan fingerprint density at radius 1 is 1.08 bits per heavy atom. The number of nitrogens with one attached hydrogen (secondary N) is 1. The number of amides is 1. The van der Waals surface area contributed by atoms with E-state index in [2.05, 4.69) is 16.4 Å². The van der Waals surface area contributed by atoms with Crippen LogP contribution in [0.4, 0.5) is 17.1 Å². The number of fused-ring (bicyclic) bond motifs is 1. The second-order valence-corrected chi connectivity index (χ2v) is 6.63. The van der Waals surface area contributed by atoms with Crippen molar-refractivity contribution in [3.05, 3.63) is 83.1 Å². The fraction of sp³-hybridized carbons (Fsp3) is 0.143. The van der Waals surface area contributed by atoms with Gasteiger partial charge >= 0.3 is 0 Å². The molecule has 0 aliphatic carbocycles. The molecule has 1 amide bonds. The first-order chi connectivity index (χ1) is 12.7. The summed E-state index contributed by atoms with van der Waals surface area (Å²) < 4.78 is 0. The zero-order valence-corrected chi connectivity index (χ0v) is 14.9. The van der Waals surface area contributed by atoms with Gasteiger partial charge in [-0.1, -0.05) is 41.9 Å². The third-order valence-corrected chi connectivity index (χ3v) is 4.82. The molecule has 0 bridgehead atoms. The molecule has 0 saturated carbocycles. The predicted octanol–water partition coefficient (Wildman–Crippen LogP) is 5.07. The van der Waals surface area contributed by atoms with Crippen molar-refractivity contribution >= 4 is 34.6 Å². The molecule has 130 valence electrons. The number of carbonyl (C=O) groups is 1. The highest BCUT2D eigenvalue weighted by atomic mass is 35.5. The molecule has 0 spiro atoms. The first kappa shape index (κ1) is 16.6. The van der Waals surface area contributed by atoms with Gasteiger partial charge in [0.2, 0.25) is 0 Å². The van der Waals surface area contributed by atoms with Crippen LogP contribution in [0.1, 0.15) is 22.5 Å². The summed E-state index contributed by atoms with van der Waals surface area (Å²) in [5, 5.41) is 3.87. The normalized spacial score (nSPS) is 13.2. The molecule has 0 radical (unpaired) electrons. The number of rotatable bonds is 3. The van der Waals surface area contributed by atoms with Crippen LogP contribution in [0.2, 0.25) is 5.02 Å². The van der Waals surface area contributed by atoms with E-state index in [9.17, 15) is 4.79 Å². The van der Waals surface area contributed by atoms with E-state index in [1.165, 1.54) is 5.56 Å². The summed E-state index contributed by atoms with van der Waals surface area (Å²) in [6, 6.07) is 19.2. The van der Waals surface area contributed by atoms with Gasteiger partial charge in [-0.2, -0.15) is 0 Å². The first-order valence-electron chi connectivity index (χ1n) is 8.60. The molecular formula is C21H18ClN3O. The molecule has 1 aliphatic rings. The molecule has 26 heavy (non-hydrogen) atoms. The quantitative estimate of drug-likeness (QED) is 0.706. The van der Waals surface area contributed by atoms with Crippen molar-refractivity contribution in [1.29, 1.82) is 0 Å². The van der Waals surface area contributed by atoms with E-state index in [0.717, 1.165) is 29.9 Å². The number of halogens is 1. The van der Waals surface area contributed by atoms with Crippen LogP contribution in [0.3, 0.4) is 0 Å². The van der Waals surface area contributed by atoms with Gasteiger partial charge in [0.1, 0.15) is 5.69 Å². The predicted molar refractivity (Wildman–Crippen MR) is 105 cm³/mol. The number of pyridine rings is 1. The summed E-state index contributed by atoms with van der Waals surface area (Å²) in [4.78, 5) is 19.2. The molecule has 1 N–H and O–H groups in total. The molecule has 0 saturated heterocycles. The van der Waals surface area contributed by atoms with Crippen molar-refractivity contribution in [2.45, 2.75) is 12.8 Å². The molecule has 4 rings (SSSR count). The van der Waals surface area contributed by atoms with Crippen LogP contribution < -0.4 is 10.2 Å². The molecule has 2 heterocycles. The average molecular weight is 364 g/mol. The number of hydrogen-bond acceptors (Lipinski definition) is 3. The van der Waals surface area contributed by atoms with Crippen molar-refractivity contribution in [3.63, 3.8) is 0 Å². The lowest BCUT2D eigenvalue weighted by Gasteiger charge is -2.29. The van der Waals surface area contributed by atoms with Crippen molar-refractivity contribution in [2.24, 2.45) is 0 Å². The number of anilines is 3. The van der Waals surface area contributed by atoms with Crippen LogP contribution in [0.5, 0.6) is 0 Å². The summed E-state index contributed by atoms with van der Waals surface area (Å²) >= 11 is 6.20. The lowest BCUT2D eigenvalue weighted by molar-refractivity contribution is 0.0980. The fourth-order valence-electron chi connectivity index (χ4n) is 3.23. The molecule has 1 aliphatic heterocycles. The van der Waals surface area contributed by atoms with Gasteiger partial charge in [0, 0.05) is 24.1 Å². The summed E-state index contributed by atoms with van der Waals surface area (Å²) in [5.41, 5.74) is 4.18. The maximum Gasteiger partial charge on any atom is 0.276 e. The van der Waals surface area contributed by atoms with Gasteiger partial charge in [0.15, 0.2) is 0 Å². The number of nitrogens with zero attached hydrogens (tertiary/aromatic N) is 2. The van der Waals surface area contributed by atoms with E-state index < -0.39 is 0 Å². The van der Waals surface area contributed by atoms with E-state index in [-0.39, 0.29) is 5.91 Å². The second kappa shape index (κ2) is 7.18. The third kappa shape index (κ3) is 3.28. The topological polar surface area (TPSA) is 45.2 Å². The molecule has 0 fully saturated rings. The summed E-state index contributed by atoms with van der Waals surface area (Å²) in [7, 11) is 0. The van der Waals surface area contributed by atoms with Gasteiger partial charge in [0.05, 0.1) is 10.7 Å². The highest BCUT2D eigenvalue weighted by molar-refractivity contribution is 6.33. The monoisotopic (exact) mass is 363 g/mol. The Balaban J connectivity index is 1.61. The van der Waals surface area contributed by atoms with Crippen molar-refractivity contribution in [3.8, 4) is 0 Å². The van der Waals surface area contributed by atoms with Gasteiger partial charge in [0.25, 0.3) is 5.91 Å². The maximum atomic E-state index is 13.0. The lowest BCUT2D eigenvalue weighted by atomic mass is 10.0. The van der Waals surface area contributed by atoms with Crippen LogP contribution in [0, 0.1) is 0 Å². The van der Waals surface area contributed by atoms with Crippen molar-refractivity contribution in [1.82, 2.24) is 4.98 Å². The largest absolute Gasteiger partial charge is 0.354 e. The summed E-state index contributed by atoms with van der Waals surface area (Å²) in [6.07, 6.45) is 3.60. The summed E-state index contributed by atoms with van der Waals surface area (Å²) in [6.45, 7) is 0.708. The Labute approximate surface area is 157 Å². The second-order valence-electron chi connectivity index (χ2n) is 6.22. The SMILES string of the molecule is O=C(c1cc(Nc2ccccc2Cl)ccn1)N1CCCc2ccccc21. The van der Waals surface area contributed by atoms with E-state index in [1.54, 1.807) is 12.3 Å². The van der Waals surface area contributed by atoms with Gasteiger partial charge in [-0.25, -0.2) is 0 Å². The van der Waals surface area contributed by atoms with Crippen LogP contribution in [-0.4, -0.2) is 17.4 Å². The molecule has 5 heteroatoms. The number of aromatic nitrogens is 1. The molecule has 0 atom stereocenters. The van der Waals surface area contributed by atoms with E-state index in [0.29, 0.717) is 17.3 Å². The fourth-order valence-corrected chi connectivity index (χ4v) is 3.41. The van der Waals surface area contributed by atoms with Crippen molar-refractivity contribution in [2.75, 3.05) is 16.8 Å². The minimum Gasteiger partial charge on any atom is -0.354 e. The molecule has 2 aromatic carbocycles. The van der Waals surface area contributed by atoms with Gasteiger partial charge in [-0.05, 0) is 48.7 Å². The number of hydrogen-bond donors (Lipinski definition) is 1. The highest BCUT2D eigenvalue weighted by Gasteiger charge is 2.24. The van der Waals surface area contributed by atoms with E-state index in [4.69, 9.17) is 11.6 Å². The lowest BCUT2D eigenvalue weighted by Crippen LogP contribution is -2.35. The number of aryl methyl sites for hydroxylation is 1. The molecule has 0 unspecified atom stereocenters. The number of carbonyl (C=O) groups excluding carboxylic acids is 1. The summed E-state index contributed by atoms with van der Waals surface area (Å²) in [5.74, 6) is -0.0834. The third-order valence-electron chi connectivity index (χ3n) is 4.49. The van der Waals surface area contributed by atoms with Crippen LogP contribution >= 0.6 is 11.6 Å². The molecule has 3 aromatic rings. The minimum atomic E-state index is -0.0834. The van der Waals surface area contributed by atoms with Crippen molar-refractivity contribution < 1.29 is 4.79 Å². The number of benzene rings is 2. The van der Waals surface area contributed by atoms with E-state index in [1.807, 2.05) is 53.4 Å². The highest BCUT2D eigenvalue weighted by Crippen LogP contribution is 2.29.